The quantitative estimate of drug-likeness (QED) is 0.275. The van der Waals surface area contributed by atoms with Crippen molar-refractivity contribution in [3.05, 3.63) is 0 Å². The highest BCUT2D eigenvalue weighted by Gasteiger charge is 2.62. The monoisotopic (exact) mass is 740 g/mol. The molecular formula is C38H60O10S2. The van der Waals surface area contributed by atoms with Gasteiger partial charge in [-0.3, -0.25) is 18.7 Å². The second kappa shape index (κ2) is 12.8. The Labute approximate surface area is 299 Å². The molecule has 0 spiro atoms. The van der Waals surface area contributed by atoms with Crippen molar-refractivity contribution in [1.82, 2.24) is 0 Å². The minimum atomic E-state index is -4.37. The maximum atomic E-state index is 12.4. The van der Waals surface area contributed by atoms with Crippen LogP contribution in [-0.4, -0.2) is 49.7 Å². The van der Waals surface area contributed by atoms with Crippen LogP contribution in [0, 0.1) is 69.0 Å². The number of ketones is 2. The second-order valence-electron chi connectivity index (χ2n) is 19.0. The van der Waals surface area contributed by atoms with Gasteiger partial charge in [0.15, 0.2) is 0 Å². The molecule has 0 radical (unpaired) electrons. The van der Waals surface area contributed by atoms with Crippen molar-refractivity contribution in [2.45, 2.75) is 155 Å². The van der Waals surface area contributed by atoms with Crippen molar-refractivity contribution in [1.29, 1.82) is 0 Å². The van der Waals surface area contributed by atoms with Crippen molar-refractivity contribution in [3.63, 3.8) is 0 Å². The fraction of sp³-hybridized carbons (Fsp3) is 0.947. The summed E-state index contributed by atoms with van der Waals surface area (Å²) in [4.78, 5) is 24.9. The number of Topliss-reactive ketones (excluding diaryl/α,β-unsaturated/α-hetero) is 2. The number of carbonyl (C=O) groups excluding carboxylic acids is 2. The molecule has 0 saturated heterocycles. The fourth-order valence-corrected chi connectivity index (χ4v) is 15.5. The maximum absolute atomic E-state index is 12.4. The van der Waals surface area contributed by atoms with Crippen LogP contribution in [0.15, 0.2) is 0 Å². The van der Waals surface area contributed by atoms with Gasteiger partial charge in [0.25, 0.3) is 0 Å². The Kier molecular flexibility index (Phi) is 9.61. The summed E-state index contributed by atoms with van der Waals surface area (Å²) in [7, 11) is -8.74. The third kappa shape index (κ3) is 6.39. The molecule has 0 aromatic rings. The SMILES string of the molecule is C[C@]12CC[C@@H](OS(=O)(=O)O)CC1CCC1C2CC[C@]2(C)C(=O)CCC12.C[C@]12CC[C@H](OS(=O)(=O)O)CC1CC[C@@H]1[C@@H]2CC[C@]2(C)C(=O)CC[C@@H]12. The van der Waals surface area contributed by atoms with Crippen LogP contribution in [0.5, 0.6) is 0 Å². The first-order valence-corrected chi connectivity index (χ1v) is 22.4. The number of hydrogen-bond donors (Lipinski definition) is 2. The lowest BCUT2D eigenvalue weighted by Gasteiger charge is -2.60. The minimum absolute atomic E-state index is 0.0877. The number of hydrogen-bond acceptors (Lipinski definition) is 8. The van der Waals surface area contributed by atoms with E-state index in [1.807, 2.05) is 0 Å². The summed E-state index contributed by atoms with van der Waals surface area (Å²) in [6, 6.07) is 0. The smallest absolute Gasteiger partial charge is 0.299 e. The third-order valence-electron chi connectivity index (χ3n) is 17.2. The van der Waals surface area contributed by atoms with Crippen molar-refractivity contribution < 1.29 is 43.9 Å². The number of rotatable bonds is 4. The van der Waals surface area contributed by atoms with Crippen LogP contribution in [0.4, 0.5) is 0 Å². The van der Waals surface area contributed by atoms with E-state index in [1.165, 1.54) is 0 Å². The lowest BCUT2D eigenvalue weighted by atomic mass is 9.45. The molecule has 0 bridgehead atoms. The van der Waals surface area contributed by atoms with Crippen LogP contribution < -0.4 is 0 Å². The highest BCUT2D eigenvalue weighted by Crippen LogP contribution is 2.67. The molecule has 5 unspecified atom stereocenters. The Morgan fingerprint density at radius 3 is 1.26 bits per heavy atom. The van der Waals surface area contributed by atoms with Gasteiger partial charge in [-0.15, -0.1) is 0 Å². The Hall–Kier alpha value is -0.920. The summed E-state index contributed by atoms with van der Waals surface area (Å²) in [5.74, 6) is 5.53. The van der Waals surface area contributed by atoms with E-state index in [1.54, 1.807) is 0 Å². The molecule has 284 valence electrons. The highest BCUT2D eigenvalue weighted by molar-refractivity contribution is 7.81. The number of fused-ring (bicyclic) bond motifs is 10. The van der Waals surface area contributed by atoms with Crippen LogP contribution in [0.25, 0.3) is 0 Å². The van der Waals surface area contributed by atoms with Crippen LogP contribution in [0.1, 0.15) is 143 Å². The lowest BCUT2D eigenvalue weighted by Crippen LogP contribution is -2.54. The molecule has 0 aromatic carbocycles. The standard InChI is InChI=1S/2C19H30O5S/c2*1-18-9-7-13(24-25(21,22)23)11-12(18)3-4-14-15-5-6-17(20)19(15,2)10-8-16(14)18/h2*12-16H,3-11H2,1-2H3,(H,21,22,23)/t12?,13-,14?,15?,16?,18+,19+;12?,13-,14-,15-,16-,18-,19-/m10/s1. The predicted octanol–water partition coefficient (Wildman–Crippen LogP) is 7.57. The van der Waals surface area contributed by atoms with E-state index in [9.17, 15) is 26.4 Å². The molecule has 10 nitrogen and oxygen atoms in total. The van der Waals surface area contributed by atoms with Crippen molar-refractivity contribution in [2.24, 2.45) is 69.0 Å². The van der Waals surface area contributed by atoms with E-state index in [-0.39, 0.29) is 33.9 Å². The summed E-state index contributed by atoms with van der Waals surface area (Å²) in [5, 5.41) is 0. The molecule has 0 heterocycles. The number of carbonyl (C=O) groups is 2. The van der Waals surface area contributed by atoms with Gasteiger partial charge < -0.3 is 0 Å². The average Bonchev–Trinajstić information content (AvgIpc) is 3.50. The van der Waals surface area contributed by atoms with Gasteiger partial charge in [0.05, 0.1) is 12.2 Å². The van der Waals surface area contributed by atoms with E-state index in [4.69, 9.17) is 17.5 Å². The molecule has 0 amide bonds. The summed E-state index contributed by atoms with van der Waals surface area (Å²) in [6.07, 6.45) is 16.4. The molecule has 8 rings (SSSR count). The lowest BCUT2D eigenvalue weighted by molar-refractivity contribution is -0.142. The van der Waals surface area contributed by atoms with Crippen LogP contribution in [0.2, 0.25) is 0 Å². The average molecular weight is 741 g/mol. The summed E-state index contributed by atoms with van der Waals surface area (Å²) >= 11 is 0. The van der Waals surface area contributed by atoms with Gasteiger partial charge in [0.2, 0.25) is 0 Å². The molecule has 0 aromatic heterocycles. The molecule has 50 heavy (non-hydrogen) atoms. The first-order chi connectivity index (χ1) is 23.3. The normalized spacial score (nSPS) is 50.0. The van der Waals surface area contributed by atoms with Gasteiger partial charge in [-0.2, -0.15) is 16.8 Å². The Balaban J connectivity index is 0.000000157. The minimum Gasteiger partial charge on any atom is -0.299 e. The molecule has 12 heteroatoms. The van der Waals surface area contributed by atoms with Crippen LogP contribution >= 0.6 is 0 Å². The van der Waals surface area contributed by atoms with Gasteiger partial charge in [-0.05, 0) is 161 Å². The van der Waals surface area contributed by atoms with E-state index in [0.717, 1.165) is 103 Å². The van der Waals surface area contributed by atoms with Crippen molar-refractivity contribution >= 4 is 32.4 Å². The molecule has 8 saturated carbocycles. The van der Waals surface area contributed by atoms with Crippen LogP contribution in [-0.2, 0) is 38.8 Å². The van der Waals surface area contributed by atoms with Crippen molar-refractivity contribution in [3.8, 4) is 0 Å². The second-order valence-corrected chi connectivity index (χ2v) is 21.1. The maximum Gasteiger partial charge on any atom is 0.397 e. The zero-order valence-electron chi connectivity index (χ0n) is 30.5. The third-order valence-corrected chi connectivity index (χ3v) is 18.2. The summed E-state index contributed by atoms with van der Waals surface area (Å²) in [6.45, 7) is 9.18. The van der Waals surface area contributed by atoms with Crippen molar-refractivity contribution in [2.75, 3.05) is 0 Å². The molecule has 2 N–H and O–H groups in total. The zero-order chi connectivity index (χ0) is 36.1. The molecule has 14 atom stereocenters. The van der Waals surface area contributed by atoms with Gasteiger partial charge in [-0.25, -0.2) is 8.37 Å². The predicted molar refractivity (Wildman–Crippen MR) is 186 cm³/mol. The van der Waals surface area contributed by atoms with Gasteiger partial charge >= 0.3 is 20.8 Å². The van der Waals surface area contributed by atoms with E-state index >= 15 is 0 Å². The Morgan fingerprint density at radius 2 is 0.900 bits per heavy atom. The van der Waals surface area contributed by atoms with E-state index < -0.39 is 20.8 Å². The molecule has 0 aliphatic heterocycles. The van der Waals surface area contributed by atoms with Gasteiger partial charge in [-0.1, -0.05) is 27.7 Å². The first kappa shape index (κ1) is 37.4. The Bertz CT molecular complexity index is 1460. The topological polar surface area (TPSA) is 161 Å². The molecule has 8 aliphatic carbocycles. The Morgan fingerprint density at radius 1 is 0.520 bits per heavy atom. The van der Waals surface area contributed by atoms with Crippen LogP contribution in [0.3, 0.4) is 0 Å². The molecule has 8 fully saturated rings. The van der Waals surface area contributed by atoms with E-state index in [0.29, 0.717) is 71.8 Å². The zero-order valence-corrected chi connectivity index (χ0v) is 32.1. The van der Waals surface area contributed by atoms with Gasteiger partial charge in [0, 0.05) is 23.7 Å². The fourth-order valence-electron chi connectivity index (χ4n) is 14.5. The molecule has 8 aliphatic rings. The summed E-state index contributed by atoms with van der Waals surface area (Å²) < 4.78 is 72.0. The largest absolute Gasteiger partial charge is 0.397 e. The summed E-state index contributed by atoms with van der Waals surface area (Å²) in [5.41, 5.74) is 0.259. The van der Waals surface area contributed by atoms with Gasteiger partial charge in [0.1, 0.15) is 11.6 Å². The molecular weight excluding hydrogens is 681 g/mol. The van der Waals surface area contributed by atoms with E-state index in [2.05, 4.69) is 27.7 Å². The first-order valence-electron chi connectivity index (χ1n) is 19.6. The highest BCUT2D eigenvalue weighted by atomic mass is 32.3.